The summed E-state index contributed by atoms with van der Waals surface area (Å²) in [4.78, 5) is 24.3. The molecule has 0 saturated heterocycles. The zero-order chi connectivity index (χ0) is 17.7. The Kier molecular flexibility index (Phi) is 5.40. The largest absolute Gasteiger partial charge is 0.406 e. The predicted octanol–water partition coefficient (Wildman–Crippen LogP) is 2.74. The molecular weight excluding hydrogens is 325 g/mol. The summed E-state index contributed by atoms with van der Waals surface area (Å²) in [5.41, 5.74) is -0.625. The van der Waals surface area contributed by atoms with Crippen LogP contribution in [0, 0.1) is 0 Å². The quantitative estimate of drug-likeness (QED) is 0.910. The molecule has 128 valence electrons. The minimum atomic E-state index is -4.54. The average molecular weight is 340 g/mol. The molecule has 0 saturated carbocycles. The lowest BCUT2D eigenvalue weighted by Crippen LogP contribution is -2.32. The van der Waals surface area contributed by atoms with E-state index in [-0.39, 0.29) is 5.69 Å². The molecule has 0 aliphatic carbocycles. The molecule has 2 aromatic rings. The molecule has 0 radical (unpaired) electrons. The van der Waals surface area contributed by atoms with Crippen molar-refractivity contribution < 1.29 is 22.7 Å². The molecule has 0 spiro atoms. The second-order valence-corrected chi connectivity index (χ2v) is 4.99. The summed E-state index contributed by atoms with van der Waals surface area (Å²) in [7, 11) is 1.32. The van der Waals surface area contributed by atoms with Crippen LogP contribution in [-0.4, -0.2) is 23.8 Å². The molecule has 2 rings (SSSR count). The number of anilines is 1. The number of hydrogen-bond acceptors (Lipinski definition) is 3. The number of amides is 1. The highest BCUT2D eigenvalue weighted by Gasteiger charge is 2.29. The van der Waals surface area contributed by atoms with Crippen LogP contribution in [0.3, 0.4) is 0 Å². The maximum Gasteiger partial charge on any atom is 0.406 e. The van der Waals surface area contributed by atoms with Gasteiger partial charge in [0.25, 0.3) is 11.5 Å². The molecule has 1 aromatic heterocycles. The molecular formula is C16H15F3N2O3. The summed E-state index contributed by atoms with van der Waals surface area (Å²) < 4.78 is 43.0. The lowest BCUT2D eigenvalue weighted by atomic mass is 10.1. The molecule has 5 nitrogen and oxygen atoms in total. The average Bonchev–Trinajstić information content (AvgIpc) is 2.52. The smallest absolute Gasteiger partial charge is 0.367 e. The van der Waals surface area contributed by atoms with Crippen LogP contribution >= 0.6 is 0 Å². The van der Waals surface area contributed by atoms with Crippen molar-refractivity contribution in [2.75, 3.05) is 12.4 Å². The van der Waals surface area contributed by atoms with Crippen molar-refractivity contribution in [1.82, 2.24) is 4.57 Å². The first kappa shape index (κ1) is 17.7. The van der Waals surface area contributed by atoms with Crippen LogP contribution in [0.25, 0.3) is 0 Å². The number of nitrogens with zero attached hydrogens (tertiary/aromatic N) is 1. The van der Waals surface area contributed by atoms with Crippen LogP contribution in [-0.2, 0) is 16.1 Å². The fraction of sp³-hybridized carbons (Fsp3) is 0.250. The summed E-state index contributed by atoms with van der Waals surface area (Å²) >= 11 is 0. The number of ether oxygens (including phenoxy) is 1. The molecule has 0 aliphatic heterocycles. The zero-order valence-electron chi connectivity index (χ0n) is 12.7. The summed E-state index contributed by atoms with van der Waals surface area (Å²) in [6, 6.07) is 11.0. The van der Waals surface area contributed by atoms with Gasteiger partial charge in [-0.05, 0) is 17.7 Å². The Morgan fingerprint density at radius 1 is 1.21 bits per heavy atom. The Balaban J connectivity index is 2.23. The van der Waals surface area contributed by atoms with E-state index >= 15 is 0 Å². The summed E-state index contributed by atoms with van der Waals surface area (Å²) in [5.74, 6) is -0.648. The van der Waals surface area contributed by atoms with Crippen LogP contribution in [0.1, 0.15) is 11.7 Å². The Labute approximate surface area is 135 Å². The lowest BCUT2D eigenvalue weighted by molar-refractivity contribution is -0.141. The molecule has 0 unspecified atom stereocenters. The Hall–Kier alpha value is -2.61. The van der Waals surface area contributed by atoms with Crippen molar-refractivity contribution in [1.29, 1.82) is 0 Å². The Bertz CT molecular complexity index is 757. The second-order valence-electron chi connectivity index (χ2n) is 4.99. The molecule has 0 aliphatic rings. The number of carbonyl (C=O) groups excluding carboxylic acids is 1. The molecule has 1 amide bonds. The SMILES string of the molecule is CO[C@H](C(=O)Nc1cccn(CC(F)(F)F)c1=O)c1ccccc1. The zero-order valence-corrected chi connectivity index (χ0v) is 12.7. The fourth-order valence-electron chi connectivity index (χ4n) is 2.17. The van der Waals surface area contributed by atoms with Gasteiger partial charge in [0.1, 0.15) is 12.2 Å². The lowest BCUT2D eigenvalue weighted by Gasteiger charge is -2.16. The Morgan fingerprint density at radius 3 is 2.46 bits per heavy atom. The van der Waals surface area contributed by atoms with Gasteiger partial charge in [-0.3, -0.25) is 9.59 Å². The Morgan fingerprint density at radius 2 is 1.88 bits per heavy atom. The van der Waals surface area contributed by atoms with Gasteiger partial charge in [-0.1, -0.05) is 30.3 Å². The number of alkyl halides is 3. The second kappa shape index (κ2) is 7.31. The van der Waals surface area contributed by atoms with E-state index in [0.717, 1.165) is 6.20 Å². The normalized spacial score (nSPS) is 12.7. The number of benzene rings is 1. The number of hydrogen-bond donors (Lipinski definition) is 1. The molecule has 1 aromatic carbocycles. The summed E-state index contributed by atoms with van der Waals surface area (Å²) in [5, 5.41) is 2.32. The molecule has 24 heavy (non-hydrogen) atoms. The first-order valence-electron chi connectivity index (χ1n) is 6.96. The van der Waals surface area contributed by atoms with E-state index in [2.05, 4.69) is 5.32 Å². The number of pyridine rings is 1. The van der Waals surface area contributed by atoms with Gasteiger partial charge in [0.05, 0.1) is 0 Å². The molecule has 1 atom stereocenters. The van der Waals surface area contributed by atoms with E-state index in [0.29, 0.717) is 10.1 Å². The molecule has 0 fully saturated rings. The van der Waals surface area contributed by atoms with Crippen LogP contribution in [0.15, 0.2) is 53.5 Å². The van der Waals surface area contributed by atoms with E-state index in [9.17, 15) is 22.8 Å². The van der Waals surface area contributed by atoms with Crippen molar-refractivity contribution in [3.63, 3.8) is 0 Å². The van der Waals surface area contributed by atoms with E-state index in [4.69, 9.17) is 4.74 Å². The van der Waals surface area contributed by atoms with Crippen molar-refractivity contribution in [2.24, 2.45) is 0 Å². The van der Waals surface area contributed by atoms with Crippen molar-refractivity contribution in [3.05, 3.63) is 64.6 Å². The van der Waals surface area contributed by atoms with E-state index in [1.54, 1.807) is 30.3 Å². The van der Waals surface area contributed by atoms with Gasteiger partial charge in [0, 0.05) is 13.3 Å². The van der Waals surface area contributed by atoms with E-state index in [1.165, 1.54) is 19.2 Å². The minimum Gasteiger partial charge on any atom is -0.367 e. The fourth-order valence-corrected chi connectivity index (χ4v) is 2.17. The van der Waals surface area contributed by atoms with Gasteiger partial charge in [-0.2, -0.15) is 13.2 Å². The highest BCUT2D eigenvalue weighted by molar-refractivity contribution is 5.94. The van der Waals surface area contributed by atoms with Crippen molar-refractivity contribution >= 4 is 11.6 Å². The van der Waals surface area contributed by atoms with Crippen LogP contribution in [0.5, 0.6) is 0 Å². The van der Waals surface area contributed by atoms with Crippen molar-refractivity contribution in [3.8, 4) is 0 Å². The summed E-state index contributed by atoms with van der Waals surface area (Å²) in [6.45, 7) is -1.43. The van der Waals surface area contributed by atoms with Crippen LogP contribution in [0.4, 0.5) is 18.9 Å². The third-order valence-corrected chi connectivity index (χ3v) is 3.20. The first-order valence-corrected chi connectivity index (χ1v) is 6.96. The molecule has 1 N–H and O–H groups in total. The van der Waals surface area contributed by atoms with Gasteiger partial charge < -0.3 is 14.6 Å². The number of nitrogens with one attached hydrogen (secondary N) is 1. The maximum absolute atomic E-state index is 12.5. The number of methoxy groups -OCH3 is 1. The van der Waals surface area contributed by atoms with Gasteiger partial charge >= 0.3 is 6.18 Å². The highest BCUT2D eigenvalue weighted by Crippen LogP contribution is 2.19. The standard InChI is InChI=1S/C16H15F3N2O3/c1-24-13(11-6-3-2-4-7-11)14(22)20-12-8-5-9-21(15(12)23)10-16(17,18)19/h2-9,13H,10H2,1H3,(H,20,22)/t13-/m0/s1. The third kappa shape index (κ3) is 4.45. The van der Waals surface area contributed by atoms with Crippen LogP contribution in [0.2, 0.25) is 0 Å². The number of aromatic nitrogens is 1. The van der Waals surface area contributed by atoms with Gasteiger partial charge in [-0.25, -0.2) is 0 Å². The number of halogens is 3. The molecule has 1 heterocycles. The van der Waals surface area contributed by atoms with E-state index in [1.807, 2.05) is 0 Å². The minimum absolute atomic E-state index is 0.246. The maximum atomic E-state index is 12.5. The predicted molar refractivity (Wildman–Crippen MR) is 81.6 cm³/mol. The topological polar surface area (TPSA) is 60.3 Å². The van der Waals surface area contributed by atoms with Crippen molar-refractivity contribution in [2.45, 2.75) is 18.8 Å². The van der Waals surface area contributed by atoms with Crippen LogP contribution < -0.4 is 10.9 Å². The monoisotopic (exact) mass is 340 g/mol. The van der Waals surface area contributed by atoms with Gasteiger partial charge in [0.2, 0.25) is 0 Å². The number of carbonyl (C=O) groups is 1. The van der Waals surface area contributed by atoms with Gasteiger partial charge in [-0.15, -0.1) is 0 Å². The summed E-state index contributed by atoms with van der Waals surface area (Å²) in [6.07, 6.45) is -4.51. The third-order valence-electron chi connectivity index (χ3n) is 3.20. The molecule has 8 heteroatoms. The number of rotatable bonds is 5. The highest BCUT2D eigenvalue weighted by atomic mass is 19.4. The molecule has 0 bridgehead atoms. The van der Waals surface area contributed by atoms with E-state index < -0.39 is 30.3 Å². The first-order chi connectivity index (χ1) is 11.3. The van der Waals surface area contributed by atoms with Gasteiger partial charge in [0.15, 0.2) is 6.10 Å².